The van der Waals surface area contributed by atoms with E-state index >= 15 is 0 Å². The maximum absolute atomic E-state index is 12.9. The number of hydrogen-bond acceptors (Lipinski definition) is 6. The average molecular weight is 320 g/mol. The van der Waals surface area contributed by atoms with Gasteiger partial charge in [0.25, 0.3) is 5.91 Å². The Labute approximate surface area is 123 Å². The van der Waals surface area contributed by atoms with Gasteiger partial charge in [-0.25, -0.2) is 9.97 Å². The summed E-state index contributed by atoms with van der Waals surface area (Å²) >= 11 is 0. The lowest BCUT2D eigenvalue weighted by Gasteiger charge is -2.40. The molecule has 1 aliphatic heterocycles. The summed E-state index contributed by atoms with van der Waals surface area (Å²) in [6.07, 6.45) is -5.36. The topological polar surface area (TPSA) is 113 Å². The first-order chi connectivity index (χ1) is 10.0. The second-order valence-corrected chi connectivity index (χ2v) is 5.36. The molecule has 0 aliphatic carbocycles. The Bertz CT molecular complexity index is 591. The summed E-state index contributed by atoms with van der Waals surface area (Å²) in [5.41, 5.74) is 1.59. The highest BCUT2D eigenvalue weighted by atomic mass is 19.4. The summed E-state index contributed by atoms with van der Waals surface area (Å²) in [7, 11) is 0. The van der Waals surface area contributed by atoms with Crippen molar-refractivity contribution in [3.05, 3.63) is 17.5 Å². The zero-order chi connectivity index (χ0) is 16.7. The van der Waals surface area contributed by atoms with Gasteiger partial charge in [0.2, 0.25) is 5.95 Å². The molecule has 1 saturated heterocycles. The van der Waals surface area contributed by atoms with Crippen LogP contribution in [0, 0.1) is 0 Å². The van der Waals surface area contributed by atoms with Crippen LogP contribution in [0.2, 0.25) is 0 Å². The predicted octanol–water partition coefficient (Wildman–Crippen LogP) is 0.0354. The first kappa shape index (κ1) is 16.4. The largest absolute Gasteiger partial charge is 0.434 e. The van der Waals surface area contributed by atoms with E-state index in [0.29, 0.717) is 6.20 Å². The van der Waals surface area contributed by atoms with Gasteiger partial charge in [-0.1, -0.05) is 0 Å². The highest BCUT2D eigenvalue weighted by molar-refractivity contribution is 5.95. The number of nitrogens with two attached hydrogens (primary N) is 1. The van der Waals surface area contributed by atoms with Crippen LogP contribution >= 0.6 is 0 Å². The van der Waals surface area contributed by atoms with E-state index < -0.39 is 41.0 Å². The molecular weight excluding hydrogens is 305 g/mol. The fourth-order valence-corrected chi connectivity index (χ4v) is 2.15. The number of amides is 1. The van der Waals surface area contributed by atoms with Crippen LogP contribution < -0.4 is 5.73 Å². The maximum atomic E-state index is 12.9. The number of aliphatic hydroxyl groups is 2. The van der Waals surface area contributed by atoms with E-state index in [0.717, 1.165) is 4.90 Å². The number of halogens is 3. The first-order valence-electron chi connectivity index (χ1n) is 6.42. The van der Waals surface area contributed by atoms with Crippen LogP contribution in [0.15, 0.2) is 6.20 Å². The monoisotopic (exact) mass is 320 g/mol. The van der Waals surface area contributed by atoms with Gasteiger partial charge in [0, 0.05) is 19.3 Å². The number of nitrogen functional groups attached to an aromatic ring is 1. The van der Waals surface area contributed by atoms with Crippen LogP contribution in [0.3, 0.4) is 0 Å². The van der Waals surface area contributed by atoms with E-state index in [9.17, 15) is 28.2 Å². The van der Waals surface area contributed by atoms with Crippen molar-refractivity contribution in [1.29, 1.82) is 0 Å². The Morgan fingerprint density at radius 2 is 2.18 bits per heavy atom. The van der Waals surface area contributed by atoms with Crippen molar-refractivity contribution in [2.24, 2.45) is 0 Å². The number of piperidine rings is 1. The number of nitrogens with zero attached hydrogens (tertiary/aromatic N) is 3. The van der Waals surface area contributed by atoms with Crippen molar-refractivity contribution < 1.29 is 28.2 Å². The normalized spacial score (nSPS) is 26.1. The van der Waals surface area contributed by atoms with Crippen molar-refractivity contribution in [2.45, 2.75) is 31.2 Å². The number of likely N-dealkylation sites (tertiary alicyclic amines) is 1. The van der Waals surface area contributed by atoms with Crippen molar-refractivity contribution in [3.63, 3.8) is 0 Å². The van der Waals surface area contributed by atoms with Crippen LogP contribution in [0.1, 0.15) is 29.4 Å². The number of alkyl halides is 3. The highest BCUT2D eigenvalue weighted by Crippen LogP contribution is 2.32. The molecule has 2 heterocycles. The molecule has 22 heavy (non-hydrogen) atoms. The standard InChI is InChI=1S/C12H15F3N4O3/c1-11(22)2-3-19(5-7(11)20)9(21)6-4-17-10(16)18-8(6)12(13,14)15/h4,7,20,22H,2-3,5H2,1H3,(H2,16,17,18)/t7-,11+/m0/s1. The summed E-state index contributed by atoms with van der Waals surface area (Å²) in [5, 5.41) is 19.6. The molecule has 2 rings (SSSR count). The average Bonchev–Trinajstić information content (AvgIpc) is 2.40. The summed E-state index contributed by atoms with van der Waals surface area (Å²) < 4.78 is 38.8. The summed E-state index contributed by atoms with van der Waals surface area (Å²) in [6.45, 7) is 1.12. The van der Waals surface area contributed by atoms with Crippen LogP contribution in [-0.4, -0.2) is 55.8 Å². The third-order valence-electron chi connectivity index (χ3n) is 3.59. The van der Waals surface area contributed by atoms with Gasteiger partial charge in [-0.15, -0.1) is 0 Å². The molecule has 4 N–H and O–H groups in total. The number of aliphatic hydroxyl groups excluding tert-OH is 1. The third-order valence-corrected chi connectivity index (χ3v) is 3.59. The molecule has 122 valence electrons. The van der Waals surface area contributed by atoms with E-state index in [2.05, 4.69) is 9.97 Å². The molecular formula is C12H15F3N4O3. The Morgan fingerprint density at radius 1 is 1.55 bits per heavy atom. The Balaban J connectivity index is 2.31. The van der Waals surface area contributed by atoms with Crippen LogP contribution in [0.4, 0.5) is 19.1 Å². The molecule has 0 aromatic carbocycles. The second kappa shape index (κ2) is 5.36. The number of carbonyl (C=O) groups is 1. The minimum atomic E-state index is -4.86. The predicted molar refractivity (Wildman–Crippen MR) is 68.6 cm³/mol. The smallest absolute Gasteiger partial charge is 0.388 e. The molecule has 0 radical (unpaired) electrons. The molecule has 1 amide bonds. The van der Waals surface area contributed by atoms with Crippen molar-refractivity contribution in [3.8, 4) is 0 Å². The van der Waals surface area contributed by atoms with Gasteiger partial charge in [-0.2, -0.15) is 13.2 Å². The lowest BCUT2D eigenvalue weighted by molar-refractivity contribution is -0.141. The molecule has 1 aliphatic rings. The summed E-state index contributed by atoms with van der Waals surface area (Å²) in [4.78, 5) is 19.8. The lowest BCUT2D eigenvalue weighted by Crippen LogP contribution is -2.55. The molecule has 7 nitrogen and oxygen atoms in total. The van der Waals surface area contributed by atoms with Gasteiger partial charge < -0.3 is 20.8 Å². The zero-order valence-electron chi connectivity index (χ0n) is 11.6. The molecule has 0 bridgehead atoms. The SMILES string of the molecule is C[C@@]1(O)CCN(C(=O)c2cnc(N)nc2C(F)(F)F)C[C@@H]1O. The minimum Gasteiger partial charge on any atom is -0.388 e. The summed E-state index contributed by atoms with van der Waals surface area (Å²) in [5.74, 6) is -1.56. The van der Waals surface area contributed by atoms with Gasteiger partial charge in [-0.3, -0.25) is 4.79 Å². The quantitative estimate of drug-likeness (QED) is 0.673. The number of carbonyl (C=O) groups excluding carboxylic acids is 1. The van der Waals surface area contributed by atoms with Crippen LogP contribution in [0.25, 0.3) is 0 Å². The van der Waals surface area contributed by atoms with Crippen molar-refractivity contribution in [1.82, 2.24) is 14.9 Å². The second-order valence-electron chi connectivity index (χ2n) is 5.36. The number of β-amino-alcohol motifs (C(OH)–C–C–N with tert-alkyl or cyclic N) is 1. The molecule has 1 aromatic heterocycles. The molecule has 0 spiro atoms. The number of rotatable bonds is 1. The van der Waals surface area contributed by atoms with Gasteiger partial charge in [-0.05, 0) is 13.3 Å². The maximum Gasteiger partial charge on any atom is 0.434 e. The highest BCUT2D eigenvalue weighted by Gasteiger charge is 2.42. The number of hydrogen-bond donors (Lipinski definition) is 3. The molecule has 1 aromatic rings. The van der Waals surface area contributed by atoms with Crippen molar-refractivity contribution in [2.75, 3.05) is 18.8 Å². The molecule has 2 atom stereocenters. The Morgan fingerprint density at radius 3 is 2.73 bits per heavy atom. The molecule has 0 unspecified atom stereocenters. The van der Waals surface area contributed by atoms with E-state index in [-0.39, 0.29) is 19.5 Å². The van der Waals surface area contributed by atoms with Gasteiger partial charge in [0.05, 0.1) is 17.3 Å². The Kier molecular flexibility index (Phi) is 4.00. The van der Waals surface area contributed by atoms with Crippen LogP contribution in [0.5, 0.6) is 0 Å². The molecule has 0 saturated carbocycles. The first-order valence-corrected chi connectivity index (χ1v) is 6.42. The van der Waals surface area contributed by atoms with Gasteiger partial charge in [0.1, 0.15) is 0 Å². The van der Waals surface area contributed by atoms with E-state index in [1.165, 1.54) is 6.92 Å². The fraction of sp³-hybridized carbons (Fsp3) is 0.583. The number of anilines is 1. The van der Waals surface area contributed by atoms with Gasteiger partial charge >= 0.3 is 6.18 Å². The van der Waals surface area contributed by atoms with Crippen LogP contribution in [-0.2, 0) is 6.18 Å². The summed E-state index contributed by atoms with van der Waals surface area (Å²) in [6, 6.07) is 0. The minimum absolute atomic E-state index is 0.00453. The van der Waals surface area contributed by atoms with E-state index in [1.54, 1.807) is 0 Å². The lowest BCUT2D eigenvalue weighted by atomic mass is 9.90. The third kappa shape index (κ3) is 3.12. The van der Waals surface area contributed by atoms with Crippen molar-refractivity contribution >= 4 is 11.9 Å². The Hall–Kier alpha value is -1.94. The van der Waals surface area contributed by atoms with E-state index in [4.69, 9.17) is 5.73 Å². The zero-order valence-corrected chi connectivity index (χ0v) is 11.6. The fourth-order valence-electron chi connectivity index (χ4n) is 2.15. The molecule has 10 heteroatoms. The number of aromatic nitrogens is 2. The van der Waals surface area contributed by atoms with Gasteiger partial charge in [0.15, 0.2) is 5.69 Å². The molecule has 1 fully saturated rings. The van der Waals surface area contributed by atoms with E-state index in [1.807, 2.05) is 0 Å².